The van der Waals surface area contributed by atoms with Crippen LogP contribution in [-0.2, 0) is 11.3 Å². The smallest absolute Gasteiger partial charge is 0.118 e. The van der Waals surface area contributed by atoms with E-state index in [1.807, 2.05) is 36.4 Å². The molecule has 3 atom stereocenters. The monoisotopic (exact) mass is 317 g/mol. The lowest BCUT2D eigenvalue weighted by Gasteiger charge is -2.28. The minimum Gasteiger partial charge on any atom is -0.497 e. The van der Waals surface area contributed by atoms with Crippen LogP contribution in [-0.4, -0.2) is 48.5 Å². The largest absolute Gasteiger partial charge is 0.497 e. The third-order valence-corrected chi connectivity index (χ3v) is 4.29. The van der Waals surface area contributed by atoms with Crippen LogP contribution in [0.1, 0.15) is 18.4 Å². The number of aliphatic hydroxyl groups is 1. The first-order valence-corrected chi connectivity index (χ1v) is 8.06. The van der Waals surface area contributed by atoms with Crippen LogP contribution < -0.4 is 4.74 Å². The van der Waals surface area contributed by atoms with E-state index in [0.29, 0.717) is 13.0 Å². The van der Waals surface area contributed by atoms with Gasteiger partial charge in [-0.15, -0.1) is 13.2 Å². The van der Waals surface area contributed by atoms with Crippen LogP contribution in [0.25, 0.3) is 0 Å². The number of hydrogen-bond donors (Lipinski definition) is 1. The van der Waals surface area contributed by atoms with Gasteiger partial charge in [-0.05, 0) is 24.1 Å². The Balaban J connectivity index is 1.87. The first-order chi connectivity index (χ1) is 11.2. The SMILES string of the molecule is C=CCN(CC=C)[C@@H]1C[C@@H](OCc2ccc(OC)cc2)C[C@@H]1O. The average Bonchev–Trinajstić information content (AvgIpc) is 2.94. The van der Waals surface area contributed by atoms with Gasteiger partial charge >= 0.3 is 0 Å². The summed E-state index contributed by atoms with van der Waals surface area (Å²) in [7, 11) is 1.66. The second kappa shape index (κ2) is 8.87. The predicted molar refractivity (Wildman–Crippen MR) is 92.6 cm³/mol. The van der Waals surface area contributed by atoms with Crippen molar-refractivity contribution in [3.8, 4) is 5.75 Å². The topological polar surface area (TPSA) is 41.9 Å². The summed E-state index contributed by atoms with van der Waals surface area (Å²) in [6.07, 6.45) is 4.94. The normalized spacial score (nSPS) is 23.9. The van der Waals surface area contributed by atoms with Gasteiger partial charge in [-0.3, -0.25) is 4.90 Å². The van der Waals surface area contributed by atoms with Gasteiger partial charge in [0.2, 0.25) is 0 Å². The maximum Gasteiger partial charge on any atom is 0.118 e. The van der Waals surface area contributed by atoms with Gasteiger partial charge in [0.15, 0.2) is 0 Å². The lowest BCUT2D eigenvalue weighted by atomic mass is 10.1. The van der Waals surface area contributed by atoms with Crippen molar-refractivity contribution in [2.75, 3.05) is 20.2 Å². The summed E-state index contributed by atoms with van der Waals surface area (Å²) in [5.74, 6) is 0.842. The number of rotatable bonds is 9. The molecule has 0 unspecified atom stereocenters. The summed E-state index contributed by atoms with van der Waals surface area (Å²) in [5, 5.41) is 10.3. The average molecular weight is 317 g/mol. The summed E-state index contributed by atoms with van der Waals surface area (Å²) in [4.78, 5) is 2.20. The molecule has 0 heterocycles. The van der Waals surface area contributed by atoms with Crippen molar-refractivity contribution in [1.82, 2.24) is 4.90 Å². The van der Waals surface area contributed by atoms with E-state index in [0.717, 1.165) is 30.8 Å². The van der Waals surface area contributed by atoms with E-state index in [1.165, 1.54) is 0 Å². The van der Waals surface area contributed by atoms with Crippen molar-refractivity contribution in [3.63, 3.8) is 0 Å². The van der Waals surface area contributed by atoms with Crippen molar-refractivity contribution in [2.45, 2.75) is 37.7 Å². The number of methoxy groups -OCH3 is 1. The highest BCUT2D eigenvalue weighted by molar-refractivity contribution is 5.26. The van der Waals surface area contributed by atoms with Crippen LogP contribution in [0.3, 0.4) is 0 Å². The molecular formula is C19H27NO3. The first-order valence-electron chi connectivity index (χ1n) is 8.06. The third kappa shape index (κ3) is 4.93. The Morgan fingerprint density at radius 2 is 1.83 bits per heavy atom. The van der Waals surface area contributed by atoms with E-state index in [9.17, 15) is 5.11 Å². The maximum absolute atomic E-state index is 10.3. The van der Waals surface area contributed by atoms with Crippen LogP contribution in [0, 0.1) is 0 Å². The van der Waals surface area contributed by atoms with Crippen molar-refractivity contribution < 1.29 is 14.6 Å². The zero-order valence-electron chi connectivity index (χ0n) is 13.9. The number of benzene rings is 1. The zero-order chi connectivity index (χ0) is 16.7. The molecule has 1 N–H and O–H groups in total. The highest BCUT2D eigenvalue weighted by Gasteiger charge is 2.36. The maximum atomic E-state index is 10.3. The minimum atomic E-state index is -0.365. The predicted octanol–water partition coefficient (Wildman–Crippen LogP) is 2.78. The Kier molecular flexibility index (Phi) is 6.84. The fourth-order valence-corrected chi connectivity index (χ4v) is 3.09. The number of nitrogens with zero attached hydrogens (tertiary/aromatic N) is 1. The highest BCUT2D eigenvalue weighted by Crippen LogP contribution is 2.28. The lowest BCUT2D eigenvalue weighted by Crippen LogP contribution is -2.40. The molecule has 2 rings (SSSR count). The fourth-order valence-electron chi connectivity index (χ4n) is 3.09. The molecule has 1 fully saturated rings. The molecule has 0 bridgehead atoms. The van der Waals surface area contributed by atoms with E-state index in [2.05, 4.69) is 18.1 Å². The second-order valence-corrected chi connectivity index (χ2v) is 5.92. The van der Waals surface area contributed by atoms with Crippen molar-refractivity contribution in [2.24, 2.45) is 0 Å². The Morgan fingerprint density at radius 1 is 1.17 bits per heavy atom. The molecule has 1 aromatic rings. The molecule has 4 heteroatoms. The quantitative estimate of drug-likeness (QED) is 0.711. The second-order valence-electron chi connectivity index (χ2n) is 5.92. The van der Waals surface area contributed by atoms with Gasteiger partial charge in [-0.1, -0.05) is 24.3 Å². The van der Waals surface area contributed by atoms with Crippen molar-refractivity contribution in [1.29, 1.82) is 0 Å². The fraction of sp³-hybridized carbons (Fsp3) is 0.474. The van der Waals surface area contributed by atoms with Gasteiger partial charge in [-0.2, -0.15) is 0 Å². The molecule has 0 aromatic heterocycles. The minimum absolute atomic E-state index is 0.0780. The summed E-state index contributed by atoms with van der Waals surface area (Å²) >= 11 is 0. The van der Waals surface area contributed by atoms with E-state index in [-0.39, 0.29) is 18.2 Å². The van der Waals surface area contributed by atoms with Crippen molar-refractivity contribution in [3.05, 3.63) is 55.1 Å². The molecule has 1 saturated carbocycles. The van der Waals surface area contributed by atoms with E-state index in [4.69, 9.17) is 9.47 Å². The molecule has 0 radical (unpaired) electrons. The molecule has 126 valence electrons. The van der Waals surface area contributed by atoms with Crippen LogP contribution >= 0.6 is 0 Å². The summed E-state index contributed by atoms with van der Waals surface area (Å²) < 4.78 is 11.1. The zero-order valence-corrected chi connectivity index (χ0v) is 13.9. The van der Waals surface area contributed by atoms with Crippen LogP contribution in [0.4, 0.5) is 0 Å². The standard InChI is InChI=1S/C19H27NO3/c1-4-10-20(11-5-2)18-12-17(13-19(18)21)23-14-15-6-8-16(22-3)9-7-15/h4-9,17-19,21H,1-2,10-14H2,3H3/t17-,18-,19+/m1/s1. The molecule has 23 heavy (non-hydrogen) atoms. The van der Waals surface area contributed by atoms with E-state index < -0.39 is 0 Å². The van der Waals surface area contributed by atoms with Crippen LogP contribution in [0.2, 0.25) is 0 Å². The van der Waals surface area contributed by atoms with Gasteiger partial charge in [0.1, 0.15) is 5.75 Å². The Hall–Kier alpha value is -1.62. The summed E-state index contributed by atoms with van der Waals surface area (Å²) in [6, 6.07) is 7.97. The Bertz CT molecular complexity index is 490. The molecule has 1 aliphatic rings. The molecule has 0 spiro atoms. The first kappa shape index (κ1) is 17.7. The van der Waals surface area contributed by atoms with Crippen LogP contribution in [0.5, 0.6) is 5.75 Å². The summed E-state index contributed by atoms with van der Waals surface area (Å²) in [5.41, 5.74) is 1.11. The number of hydrogen-bond acceptors (Lipinski definition) is 4. The van der Waals surface area contributed by atoms with Crippen LogP contribution in [0.15, 0.2) is 49.6 Å². The summed E-state index contributed by atoms with van der Waals surface area (Å²) in [6.45, 7) is 9.63. The van der Waals surface area contributed by atoms with E-state index in [1.54, 1.807) is 7.11 Å². The van der Waals surface area contributed by atoms with Gasteiger partial charge < -0.3 is 14.6 Å². The number of ether oxygens (including phenoxy) is 2. The molecule has 1 aliphatic carbocycles. The molecule has 1 aromatic carbocycles. The molecule has 0 saturated heterocycles. The van der Waals surface area contributed by atoms with Gasteiger partial charge in [-0.25, -0.2) is 0 Å². The van der Waals surface area contributed by atoms with Crippen molar-refractivity contribution >= 4 is 0 Å². The molecule has 4 nitrogen and oxygen atoms in total. The van der Waals surface area contributed by atoms with Gasteiger partial charge in [0, 0.05) is 25.6 Å². The third-order valence-electron chi connectivity index (χ3n) is 4.29. The Morgan fingerprint density at radius 3 is 2.39 bits per heavy atom. The molecule has 0 amide bonds. The van der Waals surface area contributed by atoms with Gasteiger partial charge in [0.25, 0.3) is 0 Å². The number of aliphatic hydroxyl groups excluding tert-OH is 1. The Labute approximate surface area is 139 Å². The van der Waals surface area contributed by atoms with E-state index >= 15 is 0 Å². The highest BCUT2D eigenvalue weighted by atomic mass is 16.5. The lowest BCUT2D eigenvalue weighted by molar-refractivity contribution is 0.0356. The molecular weight excluding hydrogens is 290 g/mol. The molecule has 0 aliphatic heterocycles. The van der Waals surface area contributed by atoms with Gasteiger partial charge in [0.05, 0.1) is 25.9 Å².